The van der Waals surface area contributed by atoms with Crippen molar-refractivity contribution >= 4 is 11.6 Å². The molecular formula is C14H17ClFN3. The number of aromatic amines is 1. The minimum absolute atomic E-state index is 0.132. The molecule has 2 rings (SSSR count). The molecule has 1 heterocycles. The maximum Gasteiger partial charge on any atom is 0.124 e. The predicted molar refractivity (Wildman–Crippen MR) is 75.4 cm³/mol. The van der Waals surface area contributed by atoms with Crippen LogP contribution in [0.3, 0.4) is 0 Å². The molecule has 3 nitrogen and oxygen atoms in total. The number of nitrogens with one attached hydrogen (secondary N) is 1. The molecule has 0 saturated carbocycles. The second-order valence-corrected chi connectivity index (χ2v) is 5.45. The Morgan fingerprint density at radius 3 is 2.79 bits per heavy atom. The Morgan fingerprint density at radius 1 is 1.42 bits per heavy atom. The van der Waals surface area contributed by atoms with E-state index in [2.05, 4.69) is 23.8 Å². The number of nitrogens with zero attached hydrogens (tertiary/aromatic N) is 1. The number of benzene rings is 1. The number of rotatable bonds is 4. The molecule has 0 aliphatic carbocycles. The van der Waals surface area contributed by atoms with Crippen LogP contribution < -0.4 is 5.73 Å². The maximum atomic E-state index is 13.0. The second-order valence-electron chi connectivity index (χ2n) is 5.04. The number of H-pyrrole nitrogens is 1. The van der Waals surface area contributed by atoms with Gasteiger partial charge in [0.1, 0.15) is 11.6 Å². The summed E-state index contributed by atoms with van der Waals surface area (Å²) in [5, 5.41) is 0.354. The van der Waals surface area contributed by atoms with E-state index in [0.717, 1.165) is 23.5 Å². The molecule has 1 atom stereocenters. The van der Waals surface area contributed by atoms with Gasteiger partial charge in [0.2, 0.25) is 0 Å². The van der Waals surface area contributed by atoms with Crippen molar-refractivity contribution in [2.24, 2.45) is 11.7 Å². The molecule has 1 aromatic heterocycles. The molecule has 1 aromatic carbocycles. The van der Waals surface area contributed by atoms with E-state index in [1.54, 1.807) is 12.3 Å². The first-order valence-electron chi connectivity index (χ1n) is 6.23. The van der Waals surface area contributed by atoms with E-state index in [1.807, 2.05) is 0 Å². The van der Waals surface area contributed by atoms with Crippen molar-refractivity contribution in [2.45, 2.75) is 26.3 Å². The van der Waals surface area contributed by atoms with Gasteiger partial charge in [-0.2, -0.15) is 0 Å². The first-order valence-corrected chi connectivity index (χ1v) is 6.61. The fraction of sp³-hybridized carbons (Fsp3) is 0.357. The van der Waals surface area contributed by atoms with Crippen LogP contribution in [0.25, 0.3) is 11.3 Å². The lowest BCUT2D eigenvalue weighted by atomic mass is 10.0. The molecule has 5 heteroatoms. The van der Waals surface area contributed by atoms with E-state index >= 15 is 0 Å². The average molecular weight is 282 g/mol. The van der Waals surface area contributed by atoms with Crippen LogP contribution in [-0.4, -0.2) is 9.97 Å². The highest BCUT2D eigenvalue weighted by molar-refractivity contribution is 6.33. The summed E-state index contributed by atoms with van der Waals surface area (Å²) in [4.78, 5) is 7.43. The average Bonchev–Trinajstić information content (AvgIpc) is 2.77. The summed E-state index contributed by atoms with van der Waals surface area (Å²) in [7, 11) is 0. The molecule has 0 saturated heterocycles. The van der Waals surface area contributed by atoms with Crippen molar-refractivity contribution in [1.29, 1.82) is 0 Å². The Balaban J connectivity index is 2.25. The molecule has 0 bridgehead atoms. The van der Waals surface area contributed by atoms with Crippen molar-refractivity contribution in [2.75, 3.05) is 0 Å². The zero-order valence-corrected chi connectivity index (χ0v) is 11.7. The van der Waals surface area contributed by atoms with Gasteiger partial charge in [-0.05, 0) is 30.5 Å². The Morgan fingerprint density at radius 2 is 2.16 bits per heavy atom. The van der Waals surface area contributed by atoms with E-state index in [4.69, 9.17) is 17.3 Å². The molecule has 0 aliphatic rings. The van der Waals surface area contributed by atoms with Crippen LogP contribution in [0.5, 0.6) is 0 Å². The van der Waals surface area contributed by atoms with Crippen LogP contribution in [0.2, 0.25) is 5.02 Å². The summed E-state index contributed by atoms with van der Waals surface area (Å²) >= 11 is 6.02. The summed E-state index contributed by atoms with van der Waals surface area (Å²) < 4.78 is 13.0. The molecule has 2 aromatic rings. The fourth-order valence-electron chi connectivity index (χ4n) is 1.99. The zero-order valence-electron chi connectivity index (χ0n) is 11.0. The monoisotopic (exact) mass is 281 g/mol. The van der Waals surface area contributed by atoms with Gasteiger partial charge in [-0.3, -0.25) is 0 Å². The van der Waals surface area contributed by atoms with Crippen molar-refractivity contribution < 1.29 is 4.39 Å². The van der Waals surface area contributed by atoms with Gasteiger partial charge in [-0.1, -0.05) is 25.4 Å². The molecule has 0 aliphatic heterocycles. The van der Waals surface area contributed by atoms with Crippen LogP contribution in [0.4, 0.5) is 4.39 Å². The van der Waals surface area contributed by atoms with Crippen molar-refractivity contribution in [3.8, 4) is 11.3 Å². The molecule has 1 unspecified atom stereocenters. The minimum atomic E-state index is -0.356. The molecule has 0 amide bonds. The van der Waals surface area contributed by atoms with E-state index in [9.17, 15) is 4.39 Å². The highest BCUT2D eigenvalue weighted by Gasteiger charge is 2.14. The van der Waals surface area contributed by atoms with Crippen molar-refractivity contribution in [1.82, 2.24) is 9.97 Å². The normalized spacial score (nSPS) is 12.9. The van der Waals surface area contributed by atoms with Gasteiger partial charge >= 0.3 is 0 Å². The number of hydrogen-bond acceptors (Lipinski definition) is 2. The number of aromatic nitrogens is 2. The Bertz CT molecular complexity index is 566. The summed E-state index contributed by atoms with van der Waals surface area (Å²) in [5.41, 5.74) is 7.53. The number of nitrogens with two attached hydrogens (primary N) is 1. The van der Waals surface area contributed by atoms with Crippen LogP contribution in [0, 0.1) is 11.7 Å². The van der Waals surface area contributed by atoms with E-state index in [1.165, 1.54) is 12.1 Å². The lowest BCUT2D eigenvalue weighted by Crippen LogP contribution is -2.14. The molecule has 102 valence electrons. The van der Waals surface area contributed by atoms with Crippen molar-refractivity contribution in [3.05, 3.63) is 41.1 Å². The van der Waals surface area contributed by atoms with Gasteiger partial charge in [0, 0.05) is 5.56 Å². The van der Waals surface area contributed by atoms with Gasteiger partial charge in [-0.25, -0.2) is 9.37 Å². The second kappa shape index (κ2) is 5.72. The van der Waals surface area contributed by atoms with Gasteiger partial charge < -0.3 is 10.7 Å². The molecule has 0 radical (unpaired) electrons. The molecule has 0 spiro atoms. The van der Waals surface area contributed by atoms with Crippen molar-refractivity contribution in [3.63, 3.8) is 0 Å². The highest BCUT2D eigenvalue weighted by atomic mass is 35.5. The van der Waals surface area contributed by atoms with E-state index in [0.29, 0.717) is 10.9 Å². The molecule has 0 fully saturated rings. The summed E-state index contributed by atoms with van der Waals surface area (Å²) in [5.74, 6) is 0.868. The lowest BCUT2D eigenvalue weighted by molar-refractivity contribution is 0.496. The third-order valence-corrected chi connectivity index (χ3v) is 3.21. The zero-order chi connectivity index (χ0) is 14.0. The summed E-state index contributed by atoms with van der Waals surface area (Å²) in [6.07, 6.45) is 2.53. The Hall–Kier alpha value is -1.39. The van der Waals surface area contributed by atoms with Crippen LogP contribution in [0.1, 0.15) is 32.1 Å². The van der Waals surface area contributed by atoms with Gasteiger partial charge in [0.05, 0.1) is 23.0 Å². The number of halogens is 2. The van der Waals surface area contributed by atoms with Crippen LogP contribution >= 0.6 is 11.6 Å². The number of hydrogen-bond donors (Lipinski definition) is 2. The predicted octanol–water partition coefficient (Wildman–Crippen LogP) is 3.92. The first-order chi connectivity index (χ1) is 8.97. The minimum Gasteiger partial charge on any atom is -0.341 e. The Labute approximate surface area is 117 Å². The van der Waals surface area contributed by atoms with E-state index in [-0.39, 0.29) is 11.9 Å². The van der Waals surface area contributed by atoms with Gasteiger partial charge in [-0.15, -0.1) is 0 Å². The third kappa shape index (κ3) is 3.33. The maximum absolute atomic E-state index is 13.0. The molecular weight excluding hydrogens is 265 g/mol. The molecule has 19 heavy (non-hydrogen) atoms. The smallest absolute Gasteiger partial charge is 0.124 e. The van der Waals surface area contributed by atoms with Gasteiger partial charge in [0.25, 0.3) is 0 Å². The Kier molecular flexibility index (Phi) is 4.22. The quantitative estimate of drug-likeness (QED) is 0.892. The molecule has 3 N–H and O–H groups in total. The topological polar surface area (TPSA) is 54.7 Å². The SMILES string of the molecule is CC(C)CC(N)c1ncc(-c2ccc(F)cc2Cl)[nH]1. The first kappa shape index (κ1) is 14.0. The van der Waals surface area contributed by atoms with Crippen LogP contribution in [-0.2, 0) is 0 Å². The lowest BCUT2D eigenvalue weighted by Gasteiger charge is -2.11. The van der Waals surface area contributed by atoms with E-state index < -0.39 is 0 Å². The summed E-state index contributed by atoms with van der Waals surface area (Å²) in [6, 6.07) is 4.15. The third-order valence-electron chi connectivity index (χ3n) is 2.89. The summed E-state index contributed by atoms with van der Waals surface area (Å²) in [6.45, 7) is 4.22. The largest absolute Gasteiger partial charge is 0.341 e. The standard InChI is InChI=1S/C14H17ClFN3/c1-8(2)5-12(17)14-18-7-13(19-14)10-4-3-9(16)6-11(10)15/h3-4,6-8,12H,5,17H2,1-2H3,(H,18,19). The number of imidazole rings is 1. The fourth-order valence-corrected chi connectivity index (χ4v) is 2.26. The van der Waals surface area contributed by atoms with Gasteiger partial charge in [0.15, 0.2) is 0 Å². The van der Waals surface area contributed by atoms with Crippen LogP contribution in [0.15, 0.2) is 24.4 Å². The highest BCUT2D eigenvalue weighted by Crippen LogP contribution is 2.28.